The molecule has 0 aliphatic carbocycles. The van der Waals surface area contributed by atoms with Crippen LogP contribution in [-0.4, -0.2) is 42.8 Å². The van der Waals surface area contributed by atoms with Gasteiger partial charge in [-0.15, -0.1) is 0 Å². The number of methoxy groups -OCH3 is 1. The van der Waals surface area contributed by atoms with Gasteiger partial charge in [-0.1, -0.05) is 24.3 Å². The third-order valence-electron chi connectivity index (χ3n) is 7.14. The third kappa shape index (κ3) is 5.39. The summed E-state index contributed by atoms with van der Waals surface area (Å²) in [5.41, 5.74) is 2.16. The van der Waals surface area contributed by atoms with Gasteiger partial charge in [0.25, 0.3) is 0 Å². The molecule has 5 aromatic rings. The zero-order chi connectivity index (χ0) is 29.4. The molecule has 0 spiro atoms. The molecule has 1 N–H and O–H groups in total. The molecule has 4 heterocycles. The van der Waals surface area contributed by atoms with E-state index < -0.39 is 17.7 Å². The summed E-state index contributed by atoms with van der Waals surface area (Å²) in [7, 11) is 2.92. The van der Waals surface area contributed by atoms with E-state index in [0.717, 1.165) is 31.0 Å². The number of ether oxygens (including phenoxy) is 2. The number of fused-ring (bicyclic) bond motifs is 1. The van der Waals surface area contributed by atoms with Gasteiger partial charge in [0.05, 0.1) is 13.4 Å². The van der Waals surface area contributed by atoms with E-state index in [1.54, 1.807) is 30.6 Å². The van der Waals surface area contributed by atoms with Crippen LogP contribution in [0.4, 0.5) is 23.4 Å². The lowest BCUT2D eigenvalue weighted by molar-refractivity contribution is -0.140. The molecule has 42 heavy (non-hydrogen) atoms. The predicted molar refractivity (Wildman–Crippen MR) is 147 cm³/mol. The third-order valence-corrected chi connectivity index (χ3v) is 7.14. The number of hydrogen-bond donors (Lipinski definition) is 1. The van der Waals surface area contributed by atoms with E-state index in [2.05, 4.69) is 15.3 Å². The summed E-state index contributed by atoms with van der Waals surface area (Å²) in [6, 6.07) is 11.5. The molecular weight excluding hydrogens is 554 g/mol. The number of nitrogens with zero attached hydrogens (tertiary/aromatic N) is 6. The highest BCUT2D eigenvalue weighted by molar-refractivity contribution is 5.85. The molecule has 1 atom stereocenters. The Bertz CT molecular complexity index is 1720. The van der Waals surface area contributed by atoms with E-state index in [9.17, 15) is 17.6 Å². The highest BCUT2D eigenvalue weighted by atomic mass is 19.4. The van der Waals surface area contributed by atoms with Crippen molar-refractivity contribution in [3.05, 3.63) is 72.1 Å². The Morgan fingerprint density at radius 2 is 1.83 bits per heavy atom. The molecule has 6 rings (SSSR count). The van der Waals surface area contributed by atoms with Gasteiger partial charge < -0.3 is 19.4 Å². The Labute approximate surface area is 238 Å². The lowest BCUT2D eigenvalue weighted by atomic mass is 10.1. The molecule has 0 radical (unpaired) electrons. The summed E-state index contributed by atoms with van der Waals surface area (Å²) < 4.78 is 67.8. The van der Waals surface area contributed by atoms with Gasteiger partial charge in [-0.2, -0.15) is 13.2 Å². The maximum absolute atomic E-state index is 14.1. The van der Waals surface area contributed by atoms with Crippen LogP contribution >= 0.6 is 0 Å². The van der Waals surface area contributed by atoms with Crippen molar-refractivity contribution >= 4 is 17.0 Å². The van der Waals surface area contributed by atoms with Crippen LogP contribution in [0.25, 0.3) is 33.9 Å². The first-order valence-corrected chi connectivity index (χ1v) is 13.3. The maximum atomic E-state index is 14.1. The number of imidazole rings is 2. The molecule has 218 valence electrons. The first-order chi connectivity index (χ1) is 20.2. The summed E-state index contributed by atoms with van der Waals surface area (Å²) in [5.74, 6) is 0.617. The Balaban J connectivity index is 1.31. The smallest absolute Gasteiger partial charge is 0.434 e. The van der Waals surface area contributed by atoms with Gasteiger partial charge in [-0.25, -0.2) is 24.3 Å². The summed E-state index contributed by atoms with van der Waals surface area (Å²) >= 11 is 0. The van der Waals surface area contributed by atoms with Crippen LogP contribution in [0.5, 0.6) is 5.75 Å². The molecule has 2 aromatic carbocycles. The van der Waals surface area contributed by atoms with Crippen molar-refractivity contribution in [1.82, 2.24) is 29.1 Å². The molecule has 1 aliphatic rings. The molecule has 9 nitrogen and oxygen atoms in total. The van der Waals surface area contributed by atoms with Gasteiger partial charge >= 0.3 is 6.18 Å². The molecule has 1 saturated heterocycles. The quantitative estimate of drug-likeness (QED) is 0.223. The van der Waals surface area contributed by atoms with E-state index in [1.807, 2.05) is 16.7 Å². The van der Waals surface area contributed by atoms with Crippen molar-refractivity contribution in [2.45, 2.75) is 38.2 Å². The molecule has 13 heteroatoms. The van der Waals surface area contributed by atoms with Gasteiger partial charge in [0.2, 0.25) is 0 Å². The lowest BCUT2D eigenvalue weighted by Crippen LogP contribution is -2.18. The summed E-state index contributed by atoms with van der Waals surface area (Å²) in [5, 5.41) is 3.32. The van der Waals surface area contributed by atoms with Gasteiger partial charge in [-0.05, 0) is 43.0 Å². The molecule has 1 aliphatic heterocycles. The highest BCUT2D eigenvalue weighted by Gasteiger charge is 2.34. The number of aromatic nitrogens is 6. The van der Waals surface area contributed by atoms with Crippen LogP contribution in [0, 0.1) is 5.82 Å². The highest BCUT2D eigenvalue weighted by Crippen LogP contribution is 2.33. The predicted octanol–water partition coefficient (Wildman–Crippen LogP) is 6.37. The molecule has 1 fully saturated rings. The van der Waals surface area contributed by atoms with Crippen molar-refractivity contribution in [2.75, 3.05) is 19.0 Å². The minimum atomic E-state index is -4.52. The maximum Gasteiger partial charge on any atom is 0.434 e. The fourth-order valence-corrected chi connectivity index (χ4v) is 4.95. The number of anilines is 1. The zero-order valence-electron chi connectivity index (χ0n) is 22.8. The Morgan fingerprint density at radius 1 is 1.05 bits per heavy atom. The summed E-state index contributed by atoms with van der Waals surface area (Å²) in [6.07, 6.45) is 0.770. The van der Waals surface area contributed by atoms with E-state index in [-0.39, 0.29) is 17.8 Å². The topological polar surface area (TPSA) is 91.9 Å². The van der Waals surface area contributed by atoms with E-state index >= 15 is 0 Å². The van der Waals surface area contributed by atoms with Crippen LogP contribution in [0.2, 0.25) is 0 Å². The number of halogens is 4. The monoisotopic (exact) mass is 581 g/mol. The SMILES string of the molecule is COc1cc(-c2nc(NCc3ccc(-c4nc(C(F)(F)F)cn4C)cc3)c3ncn(C4CCCCO4)c3n2)ccc1F. The van der Waals surface area contributed by atoms with Crippen LogP contribution in [0.1, 0.15) is 36.7 Å². The Morgan fingerprint density at radius 3 is 2.52 bits per heavy atom. The van der Waals surface area contributed by atoms with Crippen LogP contribution in [-0.2, 0) is 24.5 Å². The fraction of sp³-hybridized carbons (Fsp3) is 0.310. The van der Waals surface area contributed by atoms with Gasteiger partial charge in [-0.3, -0.25) is 4.57 Å². The number of benzene rings is 2. The average molecular weight is 582 g/mol. The van der Waals surface area contributed by atoms with E-state index in [1.165, 1.54) is 24.8 Å². The molecular formula is C29H27F4N7O2. The van der Waals surface area contributed by atoms with E-state index in [4.69, 9.17) is 19.4 Å². The molecule has 3 aromatic heterocycles. The average Bonchev–Trinajstić information content (AvgIpc) is 3.61. The second-order valence-electron chi connectivity index (χ2n) is 10.00. The standard InChI is InChI=1S/C29H27F4N7O2/c1-39-15-22(29(31,32)33)36-27(39)18-8-6-17(7-9-18)14-34-26-24-28(40(16-35-24)23-5-3-4-12-42-23)38-25(37-26)19-10-11-20(30)21(13-19)41-2/h6-11,13,15-16,23H,3-5,12,14H2,1-2H3,(H,34,37,38). The largest absolute Gasteiger partial charge is 0.494 e. The Kier molecular flexibility index (Phi) is 7.27. The first kappa shape index (κ1) is 27.6. The van der Waals surface area contributed by atoms with Crippen molar-refractivity contribution in [3.63, 3.8) is 0 Å². The summed E-state index contributed by atoms with van der Waals surface area (Å²) in [4.78, 5) is 17.8. The number of alkyl halides is 3. The molecule has 0 bridgehead atoms. The van der Waals surface area contributed by atoms with Gasteiger partial charge in [0.1, 0.15) is 12.1 Å². The molecule has 0 amide bonds. The number of rotatable bonds is 7. The van der Waals surface area contributed by atoms with Crippen LogP contribution in [0.15, 0.2) is 55.0 Å². The normalized spacial score (nSPS) is 15.7. The van der Waals surface area contributed by atoms with Crippen LogP contribution in [0.3, 0.4) is 0 Å². The summed E-state index contributed by atoms with van der Waals surface area (Å²) in [6.45, 7) is 0.994. The van der Waals surface area contributed by atoms with Gasteiger partial charge in [0.15, 0.2) is 40.1 Å². The second kappa shape index (κ2) is 11.0. The van der Waals surface area contributed by atoms with Crippen molar-refractivity contribution in [1.29, 1.82) is 0 Å². The van der Waals surface area contributed by atoms with Crippen molar-refractivity contribution in [3.8, 4) is 28.5 Å². The second-order valence-corrected chi connectivity index (χ2v) is 10.00. The first-order valence-electron chi connectivity index (χ1n) is 13.3. The number of hydrogen-bond acceptors (Lipinski definition) is 7. The fourth-order valence-electron chi connectivity index (χ4n) is 4.95. The van der Waals surface area contributed by atoms with E-state index in [0.29, 0.717) is 47.1 Å². The minimum absolute atomic E-state index is 0.0741. The minimum Gasteiger partial charge on any atom is -0.494 e. The van der Waals surface area contributed by atoms with Crippen LogP contribution < -0.4 is 10.1 Å². The molecule has 0 saturated carbocycles. The van der Waals surface area contributed by atoms with Gasteiger partial charge in [0, 0.05) is 37.5 Å². The molecule has 1 unspecified atom stereocenters. The Hall–Kier alpha value is -4.52. The van der Waals surface area contributed by atoms with Crippen molar-refractivity contribution < 1.29 is 27.0 Å². The number of nitrogens with one attached hydrogen (secondary N) is 1. The zero-order valence-corrected chi connectivity index (χ0v) is 22.8. The lowest BCUT2D eigenvalue weighted by Gasteiger charge is -2.24. The number of aryl methyl sites for hydroxylation is 1. The van der Waals surface area contributed by atoms with Crippen molar-refractivity contribution in [2.24, 2.45) is 7.05 Å².